The van der Waals surface area contributed by atoms with Gasteiger partial charge in [-0.3, -0.25) is 14.4 Å². The fourth-order valence-corrected chi connectivity index (χ4v) is 8.09. The molecule has 59 heavy (non-hydrogen) atoms. The molecule has 0 spiro atoms. The van der Waals surface area contributed by atoms with Crippen molar-refractivity contribution in [3.05, 3.63) is 0 Å². The van der Waals surface area contributed by atoms with E-state index < -0.39 is 6.10 Å². The van der Waals surface area contributed by atoms with Crippen LogP contribution in [-0.2, 0) is 28.6 Å². The van der Waals surface area contributed by atoms with Crippen molar-refractivity contribution < 1.29 is 28.6 Å². The van der Waals surface area contributed by atoms with E-state index >= 15 is 0 Å². The lowest BCUT2D eigenvalue weighted by Gasteiger charge is -2.18. The number of esters is 3. The van der Waals surface area contributed by atoms with Crippen LogP contribution in [0.1, 0.15) is 303 Å². The van der Waals surface area contributed by atoms with E-state index in [9.17, 15) is 14.4 Å². The second-order valence-corrected chi connectivity index (χ2v) is 18.2. The van der Waals surface area contributed by atoms with Crippen molar-refractivity contribution in [2.24, 2.45) is 0 Å². The Labute approximate surface area is 368 Å². The first-order valence-electron chi connectivity index (χ1n) is 26.5. The Morgan fingerprint density at radius 3 is 0.678 bits per heavy atom. The average Bonchev–Trinajstić information content (AvgIpc) is 3.23. The monoisotopic (exact) mass is 835 g/mol. The summed E-state index contributed by atoms with van der Waals surface area (Å²) in [6.45, 7) is 6.68. The molecule has 0 aromatic carbocycles. The minimum atomic E-state index is -0.759. The predicted molar refractivity (Wildman–Crippen MR) is 252 cm³/mol. The van der Waals surface area contributed by atoms with Gasteiger partial charge in [-0.15, -0.1) is 0 Å². The van der Waals surface area contributed by atoms with Crippen LogP contribution in [0.2, 0.25) is 0 Å². The van der Waals surface area contributed by atoms with Crippen LogP contribution in [0.4, 0.5) is 0 Å². The zero-order chi connectivity index (χ0) is 43.0. The van der Waals surface area contributed by atoms with Crippen LogP contribution < -0.4 is 0 Å². The zero-order valence-corrected chi connectivity index (χ0v) is 40.1. The number of unbranched alkanes of at least 4 members (excludes halogenated alkanes) is 38. The highest BCUT2D eigenvalue weighted by atomic mass is 16.6. The second-order valence-electron chi connectivity index (χ2n) is 18.2. The van der Waals surface area contributed by atoms with E-state index in [0.29, 0.717) is 19.3 Å². The molecular formula is C53H102O6. The molecule has 0 aliphatic carbocycles. The van der Waals surface area contributed by atoms with Crippen molar-refractivity contribution in [2.75, 3.05) is 13.2 Å². The van der Waals surface area contributed by atoms with Gasteiger partial charge in [0.25, 0.3) is 0 Å². The Kier molecular flexibility index (Phi) is 47.7. The molecule has 0 fully saturated rings. The summed E-state index contributed by atoms with van der Waals surface area (Å²) in [5, 5.41) is 0. The molecule has 0 heterocycles. The first kappa shape index (κ1) is 57.4. The fourth-order valence-electron chi connectivity index (χ4n) is 8.09. The largest absolute Gasteiger partial charge is 0.462 e. The van der Waals surface area contributed by atoms with Crippen LogP contribution in [0, 0.1) is 0 Å². The van der Waals surface area contributed by atoms with Gasteiger partial charge in [0.15, 0.2) is 6.10 Å². The molecule has 0 rings (SSSR count). The highest BCUT2D eigenvalue weighted by Gasteiger charge is 2.19. The third-order valence-electron chi connectivity index (χ3n) is 12.1. The third kappa shape index (κ3) is 47.3. The number of hydrogen-bond acceptors (Lipinski definition) is 6. The Hall–Kier alpha value is -1.59. The molecule has 0 aliphatic heterocycles. The average molecular weight is 835 g/mol. The van der Waals surface area contributed by atoms with Crippen LogP contribution in [0.5, 0.6) is 0 Å². The van der Waals surface area contributed by atoms with E-state index in [1.165, 1.54) is 205 Å². The van der Waals surface area contributed by atoms with Crippen LogP contribution in [0.15, 0.2) is 0 Å². The number of rotatable bonds is 49. The maximum Gasteiger partial charge on any atom is 0.306 e. The zero-order valence-electron chi connectivity index (χ0n) is 40.1. The first-order chi connectivity index (χ1) is 29.0. The SMILES string of the molecule is CCCCCCCCCCCCCCCCCCC(=O)OC[C@H](COC(=O)CCCCCCCCCCCCCC)OC(=O)CCCCCCCCCCCCCCC. The standard InChI is InChI=1S/C53H102O6/c1-4-7-10-13-16-19-22-25-26-27-29-31-34-37-40-43-46-52(55)58-49-50(48-57-51(54)45-42-39-36-33-30-24-21-18-15-12-9-6-3)59-53(56)47-44-41-38-35-32-28-23-20-17-14-11-8-5-2/h50H,4-49H2,1-3H3/t50-/m0/s1. The van der Waals surface area contributed by atoms with Crippen LogP contribution in [-0.4, -0.2) is 37.2 Å². The van der Waals surface area contributed by atoms with Gasteiger partial charge in [-0.25, -0.2) is 0 Å². The van der Waals surface area contributed by atoms with Crippen molar-refractivity contribution in [1.29, 1.82) is 0 Å². The summed E-state index contributed by atoms with van der Waals surface area (Å²) in [6, 6.07) is 0. The lowest BCUT2D eigenvalue weighted by atomic mass is 10.0. The van der Waals surface area contributed by atoms with E-state index in [2.05, 4.69) is 20.8 Å². The molecule has 6 nitrogen and oxygen atoms in total. The van der Waals surface area contributed by atoms with E-state index in [-0.39, 0.29) is 31.1 Å². The molecule has 0 aromatic rings. The van der Waals surface area contributed by atoms with Crippen molar-refractivity contribution in [3.63, 3.8) is 0 Å². The topological polar surface area (TPSA) is 78.9 Å². The Morgan fingerprint density at radius 2 is 0.458 bits per heavy atom. The predicted octanol–water partition coefficient (Wildman–Crippen LogP) is 17.2. The van der Waals surface area contributed by atoms with Gasteiger partial charge >= 0.3 is 17.9 Å². The molecule has 0 aromatic heterocycles. The molecule has 0 amide bonds. The molecule has 1 atom stereocenters. The van der Waals surface area contributed by atoms with E-state index in [0.717, 1.165) is 57.8 Å². The van der Waals surface area contributed by atoms with Crippen LogP contribution in [0.25, 0.3) is 0 Å². The maximum atomic E-state index is 12.8. The van der Waals surface area contributed by atoms with Crippen LogP contribution >= 0.6 is 0 Å². The highest BCUT2D eigenvalue weighted by molar-refractivity contribution is 5.71. The summed E-state index contributed by atoms with van der Waals surface area (Å²) in [4.78, 5) is 37.9. The summed E-state index contributed by atoms with van der Waals surface area (Å²) in [7, 11) is 0. The molecule has 0 unspecified atom stereocenters. The summed E-state index contributed by atoms with van der Waals surface area (Å²) in [5.41, 5.74) is 0. The summed E-state index contributed by atoms with van der Waals surface area (Å²) >= 11 is 0. The minimum absolute atomic E-state index is 0.0616. The summed E-state index contributed by atoms with van der Waals surface area (Å²) in [5.74, 6) is -0.839. The van der Waals surface area contributed by atoms with Gasteiger partial charge in [-0.2, -0.15) is 0 Å². The quantitative estimate of drug-likeness (QED) is 0.0345. The number of ether oxygens (including phenoxy) is 3. The van der Waals surface area contributed by atoms with Gasteiger partial charge in [-0.05, 0) is 19.3 Å². The normalized spacial score (nSPS) is 11.8. The van der Waals surface area contributed by atoms with E-state index in [4.69, 9.17) is 14.2 Å². The van der Waals surface area contributed by atoms with Crippen LogP contribution in [0.3, 0.4) is 0 Å². The highest BCUT2D eigenvalue weighted by Crippen LogP contribution is 2.17. The Bertz CT molecular complexity index is 874. The second kappa shape index (κ2) is 49.1. The molecule has 0 saturated heterocycles. The number of carbonyl (C=O) groups excluding carboxylic acids is 3. The number of carbonyl (C=O) groups is 3. The van der Waals surface area contributed by atoms with Gasteiger partial charge in [0.1, 0.15) is 13.2 Å². The lowest BCUT2D eigenvalue weighted by molar-refractivity contribution is -0.167. The third-order valence-corrected chi connectivity index (χ3v) is 12.1. The molecule has 6 heteroatoms. The van der Waals surface area contributed by atoms with Crippen molar-refractivity contribution in [3.8, 4) is 0 Å². The van der Waals surface area contributed by atoms with Gasteiger partial charge in [0.05, 0.1) is 0 Å². The van der Waals surface area contributed by atoms with E-state index in [1.807, 2.05) is 0 Å². The molecule has 0 radical (unpaired) electrons. The van der Waals surface area contributed by atoms with Gasteiger partial charge < -0.3 is 14.2 Å². The molecule has 350 valence electrons. The van der Waals surface area contributed by atoms with Crippen molar-refractivity contribution >= 4 is 17.9 Å². The summed E-state index contributed by atoms with van der Waals surface area (Å²) < 4.78 is 16.8. The molecule has 0 aliphatic rings. The van der Waals surface area contributed by atoms with Crippen molar-refractivity contribution in [1.82, 2.24) is 0 Å². The van der Waals surface area contributed by atoms with Gasteiger partial charge in [0, 0.05) is 19.3 Å². The smallest absolute Gasteiger partial charge is 0.306 e. The fraction of sp³-hybridized carbons (Fsp3) is 0.943. The summed E-state index contributed by atoms with van der Waals surface area (Å²) in [6.07, 6.45) is 52.2. The Morgan fingerprint density at radius 1 is 0.271 bits per heavy atom. The number of hydrogen-bond donors (Lipinski definition) is 0. The first-order valence-corrected chi connectivity index (χ1v) is 26.5. The van der Waals surface area contributed by atoms with Gasteiger partial charge in [0.2, 0.25) is 0 Å². The molecule has 0 saturated carbocycles. The maximum absolute atomic E-state index is 12.8. The lowest BCUT2D eigenvalue weighted by Crippen LogP contribution is -2.30. The molecule has 0 bridgehead atoms. The van der Waals surface area contributed by atoms with Gasteiger partial charge in [-0.1, -0.05) is 265 Å². The van der Waals surface area contributed by atoms with Crippen molar-refractivity contribution in [2.45, 2.75) is 309 Å². The Balaban J connectivity index is 4.29. The minimum Gasteiger partial charge on any atom is -0.462 e. The molecule has 0 N–H and O–H groups in total. The molecular weight excluding hydrogens is 733 g/mol. The van der Waals surface area contributed by atoms with E-state index in [1.54, 1.807) is 0 Å².